The summed E-state index contributed by atoms with van der Waals surface area (Å²) in [6, 6.07) is 36.7. The van der Waals surface area contributed by atoms with Crippen molar-refractivity contribution in [2.24, 2.45) is 0 Å². The highest BCUT2D eigenvalue weighted by Gasteiger charge is 2.23. The molecule has 2 N–H and O–H groups in total. The molecule has 4 heteroatoms. The van der Waals surface area contributed by atoms with Crippen molar-refractivity contribution in [3.8, 4) is 22.6 Å². The Morgan fingerprint density at radius 1 is 0.375 bits per heavy atom. The van der Waals surface area contributed by atoms with Crippen LogP contribution < -0.4 is 0 Å². The van der Waals surface area contributed by atoms with E-state index in [2.05, 4.69) is 92.5 Å². The number of aromatic hydroxyl groups is 2. The van der Waals surface area contributed by atoms with Crippen molar-refractivity contribution in [1.82, 2.24) is 0 Å². The third kappa shape index (κ3) is 3.27. The first-order valence-electron chi connectivity index (χ1n) is 13.0. The zero-order valence-corrected chi connectivity index (χ0v) is 24.2. The van der Waals surface area contributed by atoms with Crippen LogP contribution in [-0.4, -0.2) is 10.2 Å². The van der Waals surface area contributed by atoms with Crippen molar-refractivity contribution >= 4 is 96.5 Å². The second-order valence-electron chi connectivity index (χ2n) is 10.3. The van der Waals surface area contributed by atoms with Gasteiger partial charge in [0.2, 0.25) is 0 Å². The summed E-state index contributed by atoms with van der Waals surface area (Å²) in [5.41, 5.74) is 1.26. The Morgan fingerprint density at radius 3 is 1.23 bits per heavy atom. The van der Waals surface area contributed by atoms with E-state index in [-0.39, 0.29) is 11.5 Å². The van der Waals surface area contributed by atoms with Gasteiger partial charge in [-0.1, -0.05) is 117 Å². The zero-order valence-electron chi connectivity index (χ0n) is 21.0. The van der Waals surface area contributed by atoms with Crippen LogP contribution in [0.1, 0.15) is 0 Å². The van der Waals surface area contributed by atoms with E-state index in [9.17, 15) is 10.2 Å². The average Bonchev–Trinajstić information content (AvgIpc) is 2.97. The highest BCUT2D eigenvalue weighted by molar-refractivity contribution is 9.11. The normalized spacial score (nSPS) is 11.9. The fraction of sp³-hybridized carbons (Fsp3) is 0. The number of rotatable bonds is 1. The topological polar surface area (TPSA) is 40.5 Å². The molecule has 0 fully saturated rings. The monoisotopic (exact) mass is 642 g/mol. The maximum absolute atomic E-state index is 11.7. The quantitative estimate of drug-likeness (QED) is 0.175. The highest BCUT2D eigenvalue weighted by atomic mass is 79.9. The number of benzene rings is 8. The Bertz CT molecular complexity index is 2200. The first-order valence-corrected chi connectivity index (χ1v) is 14.6. The van der Waals surface area contributed by atoms with Gasteiger partial charge in [-0.2, -0.15) is 0 Å². The molecule has 0 heterocycles. The fourth-order valence-corrected chi connectivity index (χ4v) is 7.56. The molecule has 0 aliphatic heterocycles. The highest BCUT2D eigenvalue weighted by Crippen LogP contribution is 2.51. The molecule has 0 amide bonds. The van der Waals surface area contributed by atoms with Gasteiger partial charge in [0.1, 0.15) is 11.5 Å². The maximum Gasteiger partial charge on any atom is 0.124 e. The molecule has 8 aromatic rings. The molecule has 0 saturated carbocycles. The molecular formula is C36H20Br2O2. The lowest BCUT2D eigenvalue weighted by atomic mass is 9.86. The van der Waals surface area contributed by atoms with E-state index < -0.39 is 0 Å². The summed E-state index contributed by atoms with van der Waals surface area (Å²) in [6.45, 7) is 0. The summed E-state index contributed by atoms with van der Waals surface area (Å²) in [5.74, 6) is 0.256. The summed E-state index contributed by atoms with van der Waals surface area (Å²) >= 11 is 7.62. The Balaban J connectivity index is 1.69. The van der Waals surface area contributed by atoms with Crippen LogP contribution >= 0.6 is 31.9 Å². The second kappa shape index (κ2) is 8.69. The van der Waals surface area contributed by atoms with Crippen LogP contribution in [-0.2, 0) is 0 Å². The molecule has 0 unspecified atom stereocenters. The number of phenols is 2. The van der Waals surface area contributed by atoms with Gasteiger partial charge in [0, 0.05) is 30.8 Å². The van der Waals surface area contributed by atoms with Crippen molar-refractivity contribution in [2.45, 2.75) is 0 Å². The molecule has 0 bridgehead atoms. The number of phenolic OH excluding ortho intramolecular Hbond substituents is 2. The Kier molecular flexibility index (Phi) is 5.16. The summed E-state index contributed by atoms with van der Waals surface area (Å²) in [6.07, 6.45) is 0. The van der Waals surface area contributed by atoms with Gasteiger partial charge in [-0.05, 0) is 78.1 Å². The Labute approximate surface area is 246 Å². The van der Waals surface area contributed by atoms with Crippen molar-refractivity contribution in [2.75, 3.05) is 0 Å². The number of hydrogen-bond donors (Lipinski definition) is 2. The molecule has 2 nitrogen and oxygen atoms in total. The molecule has 0 aliphatic carbocycles. The van der Waals surface area contributed by atoms with E-state index in [1.807, 2.05) is 36.4 Å². The second-order valence-corrected chi connectivity index (χ2v) is 12.0. The van der Waals surface area contributed by atoms with Crippen molar-refractivity contribution in [1.29, 1.82) is 0 Å². The SMILES string of the molecule is Oc1ccc2cc(Br)c3ccc4ccccc4c3c2c1-c1c(O)ccc2cc(Br)c3ccc4ccccc4c3c12. The van der Waals surface area contributed by atoms with Crippen LogP contribution in [0.15, 0.2) is 118 Å². The lowest BCUT2D eigenvalue weighted by molar-refractivity contribution is 0.470. The molecule has 8 rings (SSSR count). The summed E-state index contributed by atoms with van der Waals surface area (Å²) in [4.78, 5) is 0. The summed E-state index contributed by atoms with van der Waals surface area (Å²) in [5, 5.41) is 35.7. The van der Waals surface area contributed by atoms with Gasteiger partial charge < -0.3 is 10.2 Å². The lowest BCUT2D eigenvalue weighted by Gasteiger charge is -2.19. The smallest absolute Gasteiger partial charge is 0.124 e. The number of hydrogen-bond acceptors (Lipinski definition) is 2. The van der Waals surface area contributed by atoms with Crippen LogP contribution in [0.5, 0.6) is 11.5 Å². The van der Waals surface area contributed by atoms with Crippen LogP contribution in [0.2, 0.25) is 0 Å². The fourth-order valence-electron chi connectivity index (χ4n) is 6.41. The molecule has 0 atom stereocenters. The van der Waals surface area contributed by atoms with Crippen molar-refractivity contribution < 1.29 is 10.2 Å². The van der Waals surface area contributed by atoms with Crippen LogP contribution in [0.3, 0.4) is 0 Å². The molecule has 8 aromatic carbocycles. The van der Waals surface area contributed by atoms with E-state index in [0.29, 0.717) is 11.1 Å². The molecule has 0 saturated heterocycles. The summed E-state index contributed by atoms with van der Waals surface area (Å²) < 4.78 is 1.97. The van der Waals surface area contributed by atoms with E-state index in [1.54, 1.807) is 12.1 Å². The maximum atomic E-state index is 11.7. The zero-order chi connectivity index (χ0) is 27.1. The molecule has 0 aromatic heterocycles. The largest absolute Gasteiger partial charge is 0.507 e. The Hall–Kier alpha value is -4.12. The van der Waals surface area contributed by atoms with Crippen LogP contribution in [0.25, 0.3) is 75.8 Å². The average molecular weight is 644 g/mol. The van der Waals surface area contributed by atoms with Gasteiger partial charge in [0.25, 0.3) is 0 Å². The van der Waals surface area contributed by atoms with Gasteiger partial charge >= 0.3 is 0 Å². The molecule has 0 radical (unpaired) electrons. The molecular weight excluding hydrogens is 624 g/mol. The van der Waals surface area contributed by atoms with Crippen LogP contribution in [0, 0.1) is 0 Å². The van der Waals surface area contributed by atoms with Crippen LogP contribution in [0.4, 0.5) is 0 Å². The minimum absolute atomic E-state index is 0.128. The van der Waals surface area contributed by atoms with Gasteiger partial charge in [0.05, 0.1) is 0 Å². The van der Waals surface area contributed by atoms with E-state index in [1.165, 1.54) is 0 Å². The third-order valence-electron chi connectivity index (χ3n) is 8.12. The summed E-state index contributed by atoms with van der Waals surface area (Å²) in [7, 11) is 0. The molecule has 190 valence electrons. The van der Waals surface area contributed by atoms with Crippen molar-refractivity contribution in [3.05, 3.63) is 118 Å². The number of fused-ring (bicyclic) bond motifs is 10. The van der Waals surface area contributed by atoms with E-state index in [4.69, 9.17) is 0 Å². The third-order valence-corrected chi connectivity index (χ3v) is 9.43. The first-order chi connectivity index (χ1) is 19.5. The van der Waals surface area contributed by atoms with Crippen molar-refractivity contribution in [3.63, 3.8) is 0 Å². The minimum atomic E-state index is 0.128. The number of halogens is 2. The lowest BCUT2D eigenvalue weighted by Crippen LogP contribution is -1.92. The minimum Gasteiger partial charge on any atom is -0.507 e. The molecule has 40 heavy (non-hydrogen) atoms. The predicted molar refractivity (Wildman–Crippen MR) is 176 cm³/mol. The predicted octanol–water partition coefficient (Wildman–Crippen LogP) is 11.2. The molecule has 0 spiro atoms. The van der Waals surface area contributed by atoms with Gasteiger partial charge in [-0.25, -0.2) is 0 Å². The first kappa shape index (κ1) is 23.7. The Morgan fingerprint density at radius 2 is 0.775 bits per heavy atom. The van der Waals surface area contributed by atoms with Gasteiger partial charge in [-0.3, -0.25) is 0 Å². The van der Waals surface area contributed by atoms with E-state index >= 15 is 0 Å². The van der Waals surface area contributed by atoms with Gasteiger partial charge in [-0.15, -0.1) is 0 Å². The van der Waals surface area contributed by atoms with E-state index in [0.717, 1.165) is 73.6 Å². The standard InChI is InChI=1S/C36H20Br2O2/c37-27-17-21-11-15-29(39)35(31(21)33-23-7-3-1-5-19(23)9-13-25(27)33)36-30(40)16-12-22-18-28(38)26-14-10-20-6-2-4-8-24(20)34(26)32(22)36/h1-18,39-40H. The van der Waals surface area contributed by atoms with Gasteiger partial charge in [0.15, 0.2) is 0 Å². The molecule has 0 aliphatic rings.